The molecule has 106 valence electrons. The average molecular weight is 291 g/mol. The topological polar surface area (TPSA) is 34.2 Å². The van der Waals surface area contributed by atoms with Crippen molar-refractivity contribution in [3.63, 3.8) is 0 Å². The number of halogens is 1. The van der Waals surface area contributed by atoms with E-state index in [1.54, 1.807) is 19.5 Å². The van der Waals surface area contributed by atoms with Crippen molar-refractivity contribution in [3.05, 3.63) is 58.9 Å². The first kappa shape index (κ1) is 14.8. The summed E-state index contributed by atoms with van der Waals surface area (Å²) in [6, 6.07) is 10.1. The Morgan fingerprint density at radius 2 is 2.00 bits per heavy atom. The van der Waals surface area contributed by atoms with E-state index in [4.69, 9.17) is 16.3 Å². The van der Waals surface area contributed by atoms with E-state index in [1.807, 2.05) is 18.2 Å². The molecule has 2 rings (SSSR count). The first-order chi connectivity index (χ1) is 9.74. The van der Waals surface area contributed by atoms with E-state index in [-0.39, 0.29) is 6.04 Å². The summed E-state index contributed by atoms with van der Waals surface area (Å²) in [5.41, 5.74) is 2.36. The molecule has 1 atom stereocenters. The Morgan fingerprint density at radius 1 is 1.25 bits per heavy atom. The summed E-state index contributed by atoms with van der Waals surface area (Å²) in [5, 5.41) is 4.26. The van der Waals surface area contributed by atoms with Crippen LogP contribution < -0.4 is 10.1 Å². The summed E-state index contributed by atoms with van der Waals surface area (Å²) in [6.45, 7) is 2.99. The van der Waals surface area contributed by atoms with Gasteiger partial charge < -0.3 is 10.1 Å². The maximum absolute atomic E-state index is 5.93. The van der Waals surface area contributed by atoms with Crippen LogP contribution in [0.3, 0.4) is 0 Å². The molecule has 0 bridgehead atoms. The third-order valence-electron chi connectivity index (χ3n) is 3.22. The third kappa shape index (κ3) is 3.71. The summed E-state index contributed by atoms with van der Waals surface area (Å²) in [5.74, 6) is 0.812. The van der Waals surface area contributed by atoms with Crippen LogP contribution in [0.2, 0.25) is 5.02 Å². The van der Waals surface area contributed by atoms with Crippen LogP contribution in [0.5, 0.6) is 5.75 Å². The predicted molar refractivity (Wildman–Crippen MR) is 82.4 cm³/mol. The fourth-order valence-electron chi connectivity index (χ4n) is 2.24. The minimum absolute atomic E-state index is 0.194. The maximum atomic E-state index is 5.93. The monoisotopic (exact) mass is 290 g/mol. The van der Waals surface area contributed by atoms with Crippen molar-refractivity contribution >= 4 is 11.6 Å². The van der Waals surface area contributed by atoms with Gasteiger partial charge in [0, 0.05) is 22.8 Å². The predicted octanol–water partition coefficient (Wildman–Crippen LogP) is 3.64. The zero-order valence-electron chi connectivity index (χ0n) is 11.8. The second-order valence-corrected chi connectivity index (χ2v) is 4.99. The van der Waals surface area contributed by atoms with E-state index in [0.717, 1.165) is 29.3 Å². The summed E-state index contributed by atoms with van der Waals surface area (Å²) < 4.78 is 5.41. The number of benzene rings is 1. The van der Waals surface area contributed by atoms with Crippen molar-refractivity contribution in [1.82, 2.24) is 10.3 Å². The number of nitrogens with one attached hydrogen (secondary N) is 1. The van der Waals surface area contributed by atoms with Crippen LogP contribution in [0.1, 0.15) is 24.1 Å². The molecule has 0 saturated heterocycles. The number of pyridine rings is 1. The maximum Gasteiger partial charge on any atom is 0.141 e. The van der Waals surface area contributed by atoms with Gasteiger partial charge in [-0.2, -0.15) is 0 Å². The van der Waals surface area contributed by atoms with Gasteiger partial charge in [0.05, 0.1) is 13.3 Å². The first-order valence-corrected chi connectivity index (χ1v) is 7.08. The van der Waals surface area contributed by atoms with Crippen molar-refractivity contribution < 1.29 is 4.74 Å². The molecule has 0 spiro atoms. The lowest BCUT2D eigenvalue weighted by Crippen LogP contribution is -2.23. The van der Waals surface area contributed by atoms with Gasteiger partial charge in [0.25, 0.3) is 0 Å². The summed E-state index contributed by atoms with van der Waals surface area (Å²) >= 11 is 5.93. The Bertz CT molecular complexity index is 542. The molecule has 2 aromatic rings. The van der Waals surface area contributed by atoms with Gasteiger partial charge >= 0.3 is 0 Å². The number of hydrogen-bond donors (Lipinski definition) is 1. The van der Waals surface area contributed by atoms with E-state index < -0.39 is 0 Å². The fourth-order valence-corrected chi connectivity index (χ4v) is 2.37. The smallest absolute Gasteiger partial charge is 0.141 e. The van der Waals surface area contributed by atoms with Crippen LogP contribution in [0.4, 0.5) is 0 Å². The molecule has 1 N–H and O–H groups in total. The zero-order valence-corrected chi connectivity index (χ0v) is 12.5. The Labute approximate surface area is 124 Å². The lowest BCUT2D eigenvalue weighted by Gasteiger charge is -2.20. The molecule has 1 aromatic heterocycles. The molecule has 0 aliphatic heterocycles. The van der Waals surface area contributed by atoms with Crippen molar-refractivity contribution in [2.45, 2.75) is 19.4 Å². The molecular weight excluding hydrogens is 272 g/mol. The molecule has 0 aliphatic rings. The number of rotatable bonds is 6. The van der Waals surface area contributed by atoms with Crippen LogP contribution in [0, 0.1) is 0 Å². The molecule has 0 radical (unpaired) electrons. The van der Waals surface area contributed by atoms with Crippen LogP contribution in [-0.4, -0.2) is 18.6 Å². The highest BCUT2D eigenvalue weighted by atomic mass is 35.5. The number of aromatic nitrogens is 1. The number of ether oxygens (including phenoxy) is 1. The summed E-state index contributed by atoms with van der Waals surface area (Å²) in [7, 11) is 1.67. The molecule has 0 fully saturated rings. The highest BCUT2D eigenvalue weighted by molar-refractivity contribution is 6.30. The molecular formula is C16H19ClN2O. The molecule has 4 heteroatoms. The van der Waals surface area contributed by atoms with Crippen molar-refractivity contribution in [3.8, 4) is 5.75 Å². The van der Waals surface area contributed by atoms with Gasteiger partial charge in [0.15, 0.2) is 0 Å². The normalized spacial score (nSPS) is 12.2. The van der Waals surface area contributed by atoms with Gasteiger partial charge in [-0.3, -0.25) is 4.98 Å². The summed E-state index contributed by atoms with van der Waals surface area (Å²) in [6.07, 6.45) is 4.43. The molecule has 3 nitrogen and oxygen atoms in total. The zero-order chi connectivity index (χ0) is 14.4. The first-order valence-electron chi connectivity index (χ1n) is 6.70. The molecule has 0 saturated carbocycles. The molecule has 1 heterocycles. The Kier molecular flexibility index (Phi) is 5.39. The number of nitrogens with zero attached hydrogens (tertiary/aromatic N) is 1. The van der Waals surface area contributed by atoms with Crippen LogP contribution in [0.25, 0.3) is 0 Å². The van der Waals surface area contributed by atoms with Gasteiger partial charge in [-0.15, -0.1) is 0 Å². The van der Waals surface area contributed by atoms with E-state index in [2.05, 4.69) is 29.4 Å². The fraction of sp³-hybridized carbons (Fsp3) is 0.312. The quantitative estimate of drug-likeness (QED) is 0.882. The molecule has 20 heavy (non-hydrogen) atoms. The van der Waals surface area contributed by atoms with Gasteiger partial charge in [0.2, 0.25) is 0 Å². The van der Waals surface area contributed by atoms with Gasteiger partial charge in [-0.25, -0.2) is 0 Å². The van der Waals surface area contributed by atoms with Gasteiger partial charge in [0.1, 0.15) is 5.75 Å². The van der Waals surface area contributed by atoms with Crippen molar-refractivity contribution in [2.24, 2.45) is 0 Å². The summed E-state index contributed by atoms with van der Waals surface area (Å²) in [4.78, 5) is 4.11. The largest absolute Gasteiger partial charge is 0.495 e. The highest BCUT2D eigenvalue weighted by Crippen LogP contribution is 2.27. The van der Waals surface area contributed by atoms with E-state index in [9.17, 15) is 0 Å². The number of methoxy groups -OCH3 is 1. The highest BCUT2D eigenvalue weighted by Gasteiger charge is 2.15. The van der Waals surface area contributed by atoms with E-state index in [1.165, 1.54) is 5.56 Å². The minimum atomic E-state index is 0.194. The second kappa shape index (κ2) is 7.27. The molecule has 0 amide bonds. The van der Waals surface area contributed by atoms with Gasteiger partial charge in [-0.1, -0.05) is 30.7 Å². The molecule has 1 unspecified atom stereocenters. The van der Waals surface area contributed by atoms with Crippen LogP contribution in [-0.2, 0) is 6.42 Å². The Morgan fingerprint density at radius 3 is 2.65 bits per heavy atom. The van der Waals surface area contributed by atoms with E-state index >= 15 is 0 Å². The SMILES string of the molecule is CCNC(Cc1ccc(Cl)cc1)c1ccncc1OC. The molecule has 0 aliphatic carbocycles. The van der Waals surface area contributed by atoms with E-state index in [0.29, 0.717) is 0 Å². The number of likely N-dealkylation sites (N-methyl/N-ethyl adjacent to an activating group) is 1. The third-order valence-corrected chi connectivity index (χ3v) is 3.47. The lowest BCUT2D eigenvalue weighted by atomic mass is 9.99. The lowest BCUT2D eigenvalue weighted by molar-refractivity contribution is 0.397. The van der Waals surface area contributed by atoms with Crippen LogP contribution in [0.15, 0.2) is 42.7 Å². The molecule has 1 aromatic carbocycles. The average Bonchev–Trinajstić information content (AvgIpc) is 2.49. The van der Waals surface area contributed by atoms with Crippen molar-refractivity contribution in [2.75, 3.05) is 13.7 Å². The van der Waals surface area contributed by atoms with Crippen LogP contribution >= 0.6 is 11.6 Å². The standard InChI is InChI=1S/C16H19ClN2O/c1-3-19-15(10-12-4-6-13(17)7-5-12)14-8-9-18-11-16(14)20-2/h4-9,11,15,19H,3,10H2,1-2H3. The van der Waals surface area contributed by atoms with Gasteiger partial charge in [-0.05, 0) is 36.7 Å². The van der Waals surface area contributed by atoms with Crippen molar-refractivity contribution in [1.29, 1.82) is 0 Å². The second-order valence-electron chi connectivity index (χ2n) is 4.56. The number of hydrogen-bond acceptors (Lipinski definition) is 3. The Balaban J connectivity index is 2.24. The Hall–Kier alpha value is -1.58. The minimum Gasteiger partial charge on any atom is -0.495 e.